The van der Waals surface area contributed by atoms with Crippen molar-refractivity contribution in [3.63, 3.8) is 0 Å². The van der Waals surface area contributed by atoms with Crippen molar-refractivity contribution in [3.05, 3.63) is 60.3 Å². The predicted octanol–water partition coefficient (Wildman–Crippen LogP) is 2.21. The maximum atomic E-state index is 5.85. The molecule has 3 aromatic rings. The summed E-state index contributed by atoms with van der Waals surface area (Å²) in [5.74, 6) is 1.78. The Balaban J connectivity index is 1.49. The Hall–Kier alpha value is -2.89. The molecule has 4 rings (SSSR count). The molecule has 1 N–H and O–H groups in total. The van der Waals surface area contributed by atoms with Crippen LogP contribution in [-0.4, -0.2) is 26.3 Å². The average Bonchev–Trinajstić information content (AvgIpc) is 3.24. The van der Waals surface area contributed by atoms with Crippen molar-refractivity contribution in [2.24, 2.45) is 0 Å². The Labute approximate surface area is 127 Å². The lowest BCUT2D eigenvalue weighted by Crippen LogP contribution is -2.01. The summed E-state index contributed by atoms with van der Waals surface area (Å²) < 4.78 is 7.68. The molecular weight excluding hydrogens is 278 g/mol. The Morgan fingerprint density at radius 3 is 2.95 bits per heavy atom. The van der Waals surface area contributed by atoms with E-state index in [9.17, 15) is 0 Å². The Kier molecular flexibility index (Phi) is 3.19. The molecule has 0 saturated heterocycles. The molecule has 6 heteroatoms. The minimum atomic E-state index is 0.445. The minimum absolute atomic E-state index is 0.445. The van der Waals surface area contributed by atoms with Gasteiger partial charge in [0.15, 0.2) is 0 Å². The maximum absolute atomic E-state index is 5.85. The highest BCUT2D eigenvalue weighted by molar-refractivity contribution is 5.49. The van der Waals surface area contributed by atoms with Crippen LogP contribution in [0.5, 0.6) is 5.75 Å². The van der Waals surface area contributed by atoms with E-state index >= 15 is 0 Å². The summed E-state index contributed by atoms with van der Waals surface area (Å²) in [6, 6.07) is 12.0. The molecule has 22 heavy (non-hydrogen) atoms. The molecule has 0 atom stereocenters. The zero-order chi connectivity index (χ0) is 14.8. The van der Waals surface area contributed by atoms with Crippen molar-refractivity contribution in [3.8, 4) is 11.4 Å². The van der Waals surface area contributed by atoms with Gasteiger partial charge in [-0.3, -0.25) is 4.57 Å². The van der Waals surface area contributed by atoms with E-state index in [1.807, 2.05) is 34.9 Å². The number of hydrogen-bond acceptors (Lipinski definition) is 5. The van der Waals surface area contributed by atoms with Crippen LogP contribution in [-0.2, 0) is 13.0 Å². The van der Waals surface area contributed by atoms with Crippen LogP contribution in [0.4, 0.5) is 5.82 Å². The molecular formula is C16H15N5O. The second kappa shape index (κ2) is 5.48. The fourth-order valence-electron chi connectivity index (χ4n) is 2.50. The fourth-order valence-corrected chi connectivity index (χ4v) is 2.50. The van der Waals surface area contributed by atoms with Crippen LogP contribution in [0.1, 0.15) is 11.3 Å². The highest BCUT2D eigenvalue weighted by Gasteiger charge is 2.11. The van der Waals surface area contributed by atoms with Gasteiger partial charge in [-0.1, -0.05) is 12.1 Å². The zero-order valence-electron chi connectivity index (χ0n) is 11.9. The lowest BCUT2D eigenvalue weighted by atomic mass is 10.2. The van der Waals surface area contributed by atoms with E-state index < -0.39 is 0 Å². The van der Waals surface area contributed by atoms with Crippen molar-refractivity contribution in [2.75, 3.05) is 11.9 Å². The first-order valence-corrected chi connectivity index (χ1v) is 7.19. The molecule has 1 aromatic carbocycles. The van der Waals surface area contributed by atoms with Crippen molar-refractivity contribution in [2.45, 2.75) is 13.0 Å². The number of nitrogens with zero attached hydrogens (tertiary/aromatic N) is 4. The number of ether oxygens (including phenoxy) is 1. The third-order valence-electron chi connectivity index (χ3n) is 3.64. The summed E-state index contributed by atoms with van der Waals surface area (Å²) in [7, 11) is 0. The molecule has 110 valence electrons. The monoisotopic (exact) mass is 293 g/mol. The summed E-state index contributed by atoms with van der Waals surface area (Å²) in [6.07, 6.45) is 4.37. The molecule has 0 radical (unpaired) electrons. The highest BCUT2D eigenvalue weighted by Crippen LogP contribution is 2.21. The minimum Gasteiger partial charge on any atom is -0.487 e. The molecule has 6 nitrogen and oxygen atoms in total. The molecule has 3 heterocycles. The Morgan fingerprint density at radius 2 is 2.05 bits per heavy atom. The molecule has 0 unspecified atom stereocenters. The third-order valence-corrected chi connectivity index (χ3v) is 3.64. The normalized spacial score (nSPS) is 12.7. The number of hydrogen-bond donors (Lipinski definition) is 1. The van der Waals surface area contributed by atoms with E-state index in [-0.39, 0.29) is 0 Å². The SMILES string of the molecule is c1cc(OCc2ccc3c(n2)NCC3)cc(-n2cnnc2)c1. The number of rotatable bonds is 4. The van der Waals surface area contributed by atoms with Crippen LogP contribution in [0.25, 0.3) is 5.69 Å². The number of fused-ring (bicyclic) bond motifs is 1. The largest absolute Gasteiger partial charge is 0.487 e. The smallest absolute Gasteiger partial charge is 0.130 e. The summed E-state index contributed by atoms with van der Waals surface area (Å²) in [5, 5.41) is 10.9. The average molecular weight is 293 g/mol. The van der Waals surface area contributed by atoms with E-state index in [2.05, 4.69) is 26.6 Å². The van der Waals surface area contributed by atoms with Crippen molar-refractivity contribution < 1.29 is 4.74 Å². The quantitative estimate of drug-likeness (QED) is 0.799. The van der Waals surface area contributed by atoms with E-state index in [1.165, 1.54) is 5.56 Å². The standard InChI is InChI=1S/C16H15N5O/c1-2-14(21-10-18-19-11-21)8-15(3-1)22-9-13-5-4-12-6-7-17-16(12)20-13/h1-5,8,10-11H,6-7,9H2,(H,17,20). The lowest BCUT2D eigenvalue weighted by molar-refractivity contribution is 0.301. The second-order valence-corrected chi connectivity index (χ2v) is 5.14. The Bertz CT molecular complexity index is 785. The number of anilines is 1. The molecule has 1 aliphatic rings. The van der Waals surface area contributed by atoms with Gasteiger partial charge in [0.05, 0.1) is 11.4 Å². The first kappa shape index (κ1) is 12.8. The van der Waals surface area contributed by atoms with Crippen molar-refractivity contribution in [1.29, 1.82) is 0 Å². The Morgan fingerprint density at radius 1 is 1.14 bits per heavy atom. The molecule has 2 aromatic heterocycles. The summed E-state index contributed by atoms with van der Waals surface area (Å²) in [5.41, 5.74) is 3.16. The molecule has 0 fully saturated rings. The molecule has 0 amide bonds. The lowest BCUT2D eigenvalue weighted by Gasteiger charge is -2.09. The van der Waals surface area contributed by atoms with Gasteiger partial charge in [-0.05, 0) is 30.2 Å². The van der Waals surface area contributed by atoms with Crippen LogP contribution >= 0.6 is 0 Å². The zero-order valence-corrected chi connectivity index (χ0v) is 11.9. The molecule has 1 aliphatic heterocycles. The molecule has 0 spiro atoms. The first-order chi connectivity index (χ1) is 10.9. The van der Waals surface area contributed by atoms with Gasteiger partial charge in [0, 0.05) is 12.6 Å². The van der Waals surface area contributed by atoms with E-state index in [4.69, 9.17) is 4.74 Å². The molecule has 0 aliphatic carbocycles. The van der Waals surface area contributed by atoms with Crippen LogP contribution in [0.15, 0.2) is 49.1 Å². The summed E-state index contributed by atoms with van der Waals surface area (Å²) >= 11 is 0. The van der Waals surface area contributed by atoms with Gasteiger partial charge >= 0.3 is 0 Å². The fraction of sp³-hybridized carbons (Fsp3) is 0.188. The topological polar surface area (TPSA) is 64.9 Å². The first-order valence-electron chi connectivity index (χ1n) is 7.19. The van der Waals surface area contributed by atoms with Gasteiger partial charge in [-0.2, -0.15) is 0 Å². The number of nitrogens with one attached hydrogen (secondary N) is 1. The van der Waals surface area contributed by atoms with Crippen molar-refractivity contribution in [1.82, 2.24) is 19.7 Å². The molecule has 0 saturated carbocycles. The van der Waals surface area contributed by atoms with E-state index in [0.29, 0.717) is 6.61 Å². The van der Waals surface area contributed by atoms with E-state index in [0.717, 1.165) is 35.9 Å². The number of pyridine rings is 1. The predicted molar refractivity (Wildman–Crippen MR) is 82.1 cm³/mol. The highest BCUT2D eigenvalue weighted by atomic mass is 16.5. The van der Waals surface area contributed by atoms with Gasteiger partial charge in [-0.25, -0.2) is 4.98 Å². The summed E-state index contributed by atoms with van der Waals surface area (Å²) in [4.78, 5) is 4.58. The van der Waals surface area contributed by atoms with Gasteiger partial charge in [0.25, 0.3) is 0 Å². The second-order valence-electron chi connectivity index (χ2n) is 5.14. The summed E-state index contributed by atoms with van der Waals surface area (Å²) in [6.45, 7) is 1.41. The van der Waals surface area contributed by atoms with Gasteiger partial charge < -0.3 is 10.1 Å². The maximum Gasteiger partial charge on any atom is 0.130 e. The van der Waals surface area contributed by atoms with Crippen molar-refractivity contribution >= 4 is 5.82 Å². The number of aromatic nitrogens is 4. The van der Waals surface area contributed by atoms with Crippen LogP contribution in [0.2, 0.25) is 0 Å². The van der Waals surface area contributed by atoms with Crippen LogP contribution < -0.4 is 10.1 Å². The molecule has 0 bridgehead atoms. The van der Waals surface area contributed by atoms with Crippen LogP contribution in [0.3, 0.4) is 0 Å². The van der Waals surface area contributed by atoms with Gasteiger partial charge in [0.1, 0.15) is 30.8 Å². The van der Waals surface area contributed by atoms with Crippen LogP contribution in [0, 0.1) is 0 Å². The van der Waals surface area contributed by atoms with Gasteiger partial charge in [0.2, 0.25) is 0 Å². The number of benzene rings is 1. The third kappa shape index (κ3) is 2.50. The van der Waals surface area contributed by atoms with E-state index in [1.54, 1.807) is 12.7 Å². The van der Waals surface area contributed by atoms with Gasteiger partial charge in [-0.15, -0.1) is 10.2 Å².